The van der Waals surface area contributed by atoms with Gasteiger partial charge >= 0.3 is 0 Å². The van der Waals surface area contributed by atoms with Crippen molar-refractivity contribution in [2.45, 2.75) is 76.9 Å². The van der Waals surface area contributed by atoms with E-state index in [1.165, 1.54) is 20.7 Å². The average molecular weight is 977 g/mol. The van der Waals surface area contributed by atoms with E-state index in [9.17, 15) is 4.79 Å². The molecule has 15 heteroatoms. The van der Waals surface area contributed by atoms with E-state index < -0.39 is 16.6 Å². The second-order valence-corrected chi connectivity index (χ2v) is 29.5. The number of nitrogens with one attached hydrogen (secondary N) is 1. The quantitative estimate of drug-likeness (QED) is 0.0469. The van der Waals surface area contributed by atoms with Gasteiger partial charge in [0.1, 0.15) is 0 Å². The molecule has 0 aliphatic carbocycles. The van der Waals surface area contributed by atoms with Crippen LogP contribution in [-0.2, 0) is 21.9 Å². The maximum absolute atomic E-state index is 12.4. The number of benzene rings is 5. The van der Waals surface area contributed by atoms with E-state index in [1.54, 1.807) is 22.7 Å². The average Bonchev–Trinajstić information content (AvgIpc) is 4.00. The van der Waals surface area contributed by atoms with Crippen LogP contribution in [0.25, 0.3) is 10.4 Å². The molecule has 1 amide bonds. The van der Waals surface area contributed by atoms with Gasteiger partial charge in [0, 0.05) is 47.4 Å². The lowest BCUT2D eigenvalue weighted by Gasteiger charge is -2.49. The van der Waals surface area contributed by atoms with Crippen LogP contribution in [0.4, 0.5) is 10.3 Å². The molecule has 5 aromatic carbocycles. The third-order valence-electron chi connectivity index (χ3n) is 12.6. The van der Waals surface area contributed by atoms with E-state index in [-0.39, 0.29) is 28.2 Å². The van der Waals surface area contributed by atoms with Crippen molar-refractivity contribution in [1.82, 2.24) is 15.3 Å². The van der Waals surface area contributed by atoms with Crippen LogP contribution in [0.1, 0.15) is 63.3 Å². The maximum atomic E-state index is 12.4. The number of hydrogen-bond donors (Lipinski definition) is 1. The van der Waals surface area contributed by atoms with Crippen molar-refractivity contribution in [1.29, 1.82) is 0 Å². The summed E-state index contributed by atoms with van der Waals surface area (Å²) >= 11 is 3.21. The second kappa shape index (κ2) is 21.2. The SMILES string of the molecule is CC(C)(C)[Si](OC1CN(c2nc(CN=[N+]=[N-])cs2)C1)(c1ccccc1)c1ccccc1.CC(C)(C)[Si](OC1CN(c2nc(CNC(=O)c3ccccc3)cs2)C1)(c1ccccc1)c1ccccc1. The minimum absolute atomic E-state index is 0.0280. The molecule has 0 bridgehead atoms. The Kier molecular flexibility index (Phi) is 15.1. The van der Waals surface area contributed by atoms with Crippen molar-refractivity contribution in [2.24, 2.45) is 5.11 Å². The first-order valence-electron chi connectivity index (χ1n) is 23.1. The number of aromatic nitrogens is 2. The third-order valence-corrected chi connectivity index (χ3v) is 24.7. The van der Waals surface area contributed by atoms with Crippen LogP contribution in [-0.4, -0.2) is 70.9 Å². The summed E-state index contributed by atoms with van der Waals surface area (Å²) in [5.41, 5.74) is 10.9. The number of hydrogen-bond acceptors (Lipinski definition) is 10. The zero-order valence-electron chi connectivity index (χ0n) is 39.7. The van der Waals surface area contributed by atoms with Crippen molar-refractivity contribution in [3.8, 4) is 0 Å². The van der Waals surface area contributed by atoms with Gasteiger partial charge in [-0.1, -0.05) is 186 Å². The normalized spacial score (nSPS) is 14.5. The van der Waals surface area contributed by atoms with Gasteiger partial charge in [-0.2, -0.15) is 0 Å². The molecule has 11 nitrogen and oxygen atoms in total. The topological polar surface area (TPSA) is 129 Å². The van der Waals surface area contributed by atoms with Crippen LogP contribution < -0.4 is 35.9 Å². The first-order chi connectivity index (χ1) is 32.8. The Bertz CT molecular complexity index is 2670. The van der Waals surface area contributed by atoms with E-state index in [1.807, 2.05) is 41.1 Å². The van der Waals surface area contributed by atoms with Crippen molar-refractivity contribution in [3.05, 3.63) is 190 Å². The molecule has 2 aliphatic heterocycles. The molecular formula is C53H60N8O3S2Si2. The molecule has 0 unspecified atom stereocenters. The summed E-state index contributed by atoms with van der Waals surface area (Å²) in [6.07, 6.45) is 0.284. The van der Waals surface area contributed by atoms with Crippen molar-refractivity contribution >= 4 is 76.2 Å². The predicted molar refractivity (Wildman–Crippen MR) is 284 cm³/mol. The summed E-state index contributed by atoms with van der Waals surface area (Å²) in [6.45, 7) is 17.8. The molecule has 2 fully saturated rings. The fourth-order valence-corrected chi connectivity index (χ4v) is 20.2. The first kappa shape index (κ1) is 48.5. The molecule has 1 N–H and O–H groups in total. The van der Waals surface area contributed by atoms with Gasteiger partial charge in [0.15, 0.2) is 10.3 Å². The van der Waals surface area contributed by atoms with Crippen molar-refractivity contribution in [3.63, 3.8) is 0 Å². The molecule has 2 aliphatic rings. The molecule has 0 radical (unpaired) electrons. The predicted octanol–water partition coefficient (Wildman–Crippen LogP) is 9.56. The number of azide groups is 1. The first-order valence-corrected chi connectivity index (χ1v) is 28.7. The number of anilines is 2. The summed E-state index contributed by atoms with van der Waals surface area (Å²) in [7, 11) is -5.08. The molecule has 9 rings (SSSR count). The molecule has 2 saturated heterocycles. The number of thiazole rings is 2. The number of carbonyl (C=O) groups is 1. The van der Waals surface area contributed by atoms with Gasteiger partial charge in [-0.25, -0.2) is 9.97 Å². The third kappa shape index (κ3) is 10.5. The van der Waals surface area contributed by atoms with E-state index >= 15 is 0 Å². The largest absolute Gasteiger partial charge is 0.401 e. The molecule has 68 heavy (non-hydrogen) atoms. The monoisotopic (exact) mass is 976 g/mol. The zero-order valence-corrected chi connectivity index (χ0v) is 43.3. The van der Waals surface area contributed by atoms with Gasteiger partial charge in [0.25, 0.3) is 22.5 Å². The lowest BCUT2D eigenvalue weighted by atomic mass is 10.2. The maximum Gasteiger partial charge on any atom is 0.261 e. The highest BCUT2D eigenvalue weighted by molar-refractivity contribution is 7.14. The lowest BCUT2D eigenvalue weighted by molar-refractivity contribution is 0.0950. The second-order valence-electron chi connectivity index (χ2n) is 19.3. The van der Waals surface area contributed by atoms with E-state index in [0.29, 0.717) is 18.7 Å². The van der Waals surface area contributed by atoms with Crippen LogP contribution in [0.2, 0.25) is 10.1 Å². The number of nitrogens with zero attached hydrogens (tertiary/aromatic N) is 7. The Morgan fingerprint density at radius 2 is 0.971 bits per heavy atom. The molecule has 4 heterocycles. The van der Waals surface area contributed by atoms with Crippen LogP contribution in [0.5, 0.6) is 0 Å². The standard InChI is InChI=1S/C30H33N3O2SSi.C23H27N5OSSi/c1-30(2,3)37(26-15-9-5-10-16-26,27-17-11-6-12-18-27)35-25-20-33(21-25)29-32-24(22-36-29)19-31-28(34)23-13-7-4-8-14-23;1-23(2,3)31(20-10-6-4-7-11-20,21-12-8-5-9-13-21)29-19-15-28(16-19)22-26-18(17-30-22)14-25-27-24/h4-18,22,25H,19-21H2,1-3H3,(H,31,34);4-13,17,19H,14-16H2,1-3H3. The Morgan fingerprint density at radius 3 is 1.34 bits per heavy atom. The van der Waals surface area contributed by atoms with Crippen molar-refractivity contribution in [2.75, 3.05) is 36.0 Å². The summed E-state index contributed by atoms with van der Waals surface area (Å²) < 4.78 is 14.4. The molecule has 0 saturated carbocycles. The van der Waals surface area contributed by atoms with E-state index in [0.717, 1.165) is 47.8 Å². The molecular weight excluding hydrogens is 917 g/mol. The Balaban J connectivity index is 0.000000187. The summed E-state index contributed by atoms with van der Waals surface area (Å²) in [4.78, 5) is 29.1. The Labute approximate surface area is 410 Å². The Hall–Kier alpha value is -5.91. The highest BCUT2D eigenvalue weighted by Crippen LogP contribution is 2.41. The molecule has 2 aromatic heterocycles. The summed E-state index contributed by atoms with van der Waals surface area (Å²) in [5, 5.41) is 17.6. The zero-order chi connectivity index (χ0) is 47.8. The summed E-state index contributed by atoms with van der Waals surface area (Å²) in [5.74, 6) is -0.0853. The molecule has 7 aromatic rings. The highest BCUT2D eigenvalue weighted by atomic mass is 32.1. The van der Waals surface area contributed by atoms with Crippen molar-refractivity contribution < 1.29 is 13.6 Å². The molecule has 0 spiro atoms. The van der Waals surface area contributed by atoms with Crippen LogP contribution in [0.15, 0.2) is 168 Å². The molecule has 0 atom stereocenters. The molecule has 350 valence electrons. The Morgan fingerprint density at radius 1 is 0.618 bits per heavy atom. The minimum Gasteiger partial charge on any atom is -0.401 e. The number of rotatable bonds is 15. The number of amides is 1. The van der Waals surface area contributed by atoms with Gasteiger partial charge in [-0.15, -0.1) is 22.7 Å². The van der Waals surface area contributed by atoms with Gasteiger partial charge in [-0.3, -0.25) is 4.79 Å². The van der Waals surface area contributed by atoms with Gasteiger partial charge < -0.3 is 24.0 Å². The van der Waals surface area contributed by atoms with Crippen LogP contribution in [0.3, 0.4) is 0 Å². The fourth-order valence-electron chi connectivity index (χ4n) is 9.22. The van der Waals surface area contributed by atoms with E-state index in [4.69, 9.17) is 19.4 Å². The van der Waals surface area contributed by atoms with Gasteiger partial charge in [-0.05, 0) is 48.5 Å². The number of carbonyl (C=O) groups excluding carboxylic acids is 1. The van der Waals surface area contributed by atoms with Crippen LogP contribution >= 0.6 is 22.7 Å². The highest BCUT2D eigenvalue weighted by Gasteiger charge is 2.54. The fraction of sp³-hybridized carbons (Fsp3) is 0.302. The smallest absolute Gasteiger partial charge is 0.261 e. The van der Waals surface area contributed by atoms with Gasteiger partial charge in [0.2, 0.25) is 0 Å². The van der Waals surface area contributed by atoms with Crippen LogP contribution in [0, 0.1) is 0 Å². The minimum atomic E-state index is -2.56. The summed E-state index contributed by atoms with van der Waals surface area (Å²) in [6, 6.07) is 52.3. The lowest BCUT2D eigenvalue weighted by Crippen LogP contribution is -2.70. The van der Waals surface area contributed by atoms with Gasteiger partial charge in [0.05, 0.1) is 36.7 Å². The van der Waals surface area contributed by atoms with E-state index in [2.05, 4.69) is 193 Å².